The Balaban J connectivity index is 1.77. The van der Waals surface area contributed by atoms with Crippen LogP contribution < -0.4 is 5.32 Å². The minimum Gasteiger partial charge on any atom is -0.481 e. The number of carbonyl (C=O) groups excluding carboxylic acids is 1. The molecule has 20 heavy (non-hydrogen) atoms. The zero-order valence-corrected chi connectivity index (χ0v) is 12.3. The molecule has 0 radical (unpaired) electrons. The van der Waals surface area contributed by atoms with Gasteiger partial charge in [-0.05, 0) is 31.1 Å². The topological polar surface area (TPSA) is 69.6 Å². The van der Waals surface area contributed by atoms with E-state index in [2.05, 4.69) is 12.2 Å². The van der Waals surface area contributed by atoms with Crippen LogP contribution in [0.4, 0.5) is 4.79 Å². The number of amides is 2. The van der Waals surface area contributed by atoms with Gasteiger partial charge in [-0.2, -0.15) is 0 Å². The first kappa shape index (κ1) is 15.1. The lowest BCUT2D eigenvalue weighted by molar-refractivity contribution is -0.143. The molecule has 0 aromatic rings. The highest BCUT2D eigenvalue weighted by molar-refractivity contribution is 5.76. The molecular weight excluding hydrogens is 256 g/mol. The molecule has 2 aliphatic rings. The summed E-state index contributed by atoms with van der Waals surface area (Å²) >= 11 is 0. The zero-order valence-electron chi connectivity index (χ0n) is 12.3. The molecule has 1 saturated carbocycles. The van der Waals surface area contributed by atoms with E-state index < -0.39 is 11.9 Å². The average Bonchev–Trinajstić information content (AvgIpc) is 2.46. The average molecular weight is 282 g/mol. The van der Waals surface area contributed by atoms with Crippen molar-refractivity contribution in [2.75, 3.05) is 19.6 Å². The molecule has 0 aromatic heterocycles. The highest BCUT2D eigenvalue weighted by atomic mass is 16.4. The van der Waals surface area contributed by atoms with E-state index in [1.807, 2.05) is 0 Å². The number of carboxylic acids is 1. The lowest BCUT2D eigenvalue weighted by Crippen LogP contribution is -2.48. The fourth-order valence-electron chi connectivity index (χ4n) is 3.39. The van der Waals surface area contributed by atoms with Gasteiger partial charge in [0, 0.05) is 19.6 Å². The van der Waals surface area contributed by atoms with Gasteiger partial charge < -0.3 is 15.3 Å². The lowest BCUT2D eigenvalue weighted by atomic mass is 9.80. The molecule has 2 N–H and O–H groups in total. The number of rotatable bonds is 3. The monoisotopic (exact) mass is 282 g/mol. The van der Waals surface area contributed by atoms with Gasteiger partial charge in [-0.15, -0.1) is 0 Å². The largest absolute Gasteiger partial charge is 0.481 e. The lowest BCUT2D eigenvalue weighted by Gasteiger charge is -2.33. The van der Waals surface area contributed by atoms with Gasteiger partial charge in [0.25, 0.3) is 0 Å². The van der Waals surface area contributed by atoms with Crippen LogP contribution in [0.5, 0.6) is 0 Å². The number of likely N-dealkylation sites (tertiary alicyclic amines) is 1. The standard InChI is InChI=1S/C15H26N2O3/c1-11-5-2-3-6-12(11)9-16-15(20)17-8-4-7-13(10-17)14(18)19/h11-13H,2-10H2,1H3,(H,16,20)(H,18,19). The Hall–Kier alpha value is -1.26. The van der Waals surface area contributed by atoms with Gasteiger partial charge in [0.2, 0.25) is 0 Å². The molecule has 1 saturated heterocycles. The van der Waals surface area contributed by atoms with E-state index in [1.54, 1.807) is 4.90 Å². The summed E-state index contributed by atoms with van der Waals surface area (Å²) in [6.45, 7) is 4.02. The fraction of sp³-hybridized carbons (Fsp3) is 0.867. The Morgan fingerprint density at radius 1 is 1.20 bits per heavy atom. The summed E-state index contributed by atoms with van der Waals surface area (Å²) in [7, 11) is 0. The third-order valence-corrected chi connectivity index (χ3v) is 4.86. The van der Waals surface area contributed by atoms with Gasteiger partial charge in [-0.3, -0.25) is 4.79 Å². The number of urea groups is 1. The molecule has 3 unspecified atom stereocenters. The van der Waals surface area contributed by atoms with Gasteiger partial charge in [-0.25, -0.2) is 4.79 Å². The molecule has 2 fully saturated rings. The maximum atomic E-state index is 12.1. The van der Waals surface area contributed by atoms with Crippen molar-refractivity contribution in [3.8, 4) is 0 Å². The number of nitrogens with zero attached hydrogens (tertiary/aromatic N) is 1. The highest BCUT2D eigenvalue weighted by Gasteiger charge is 2.29. The summed E-state index contributed by atoms with van der Waals surface area (Å²) in [5.41, 5.74) is 0. The van der Waals surface area contributed by atoms with Crippen molar-refractivity contribution in [3.05, 3.63) is 0 Å². The van der Waals surface area contributed by atoms with E-state index in [9.17, 15) is 9.59 Å². The second-order valence-electron chi connectivity index (χ2n) is 6.33. The van der Waals surface area contributed by atoms with E-state index >= 15 is 0 Å². The first-order valence-corrected chi connectivity index (χ1v) is 7.83. The molecule has 5 heteroatoms. The quantitative estimate of drug-likeness (QED) is 0.834. The first-order valence-electron chi connectivity index (χ1n) is 7.83. The van der Waals surface area contributed by atoms with E-state index in [-0.39, 0.29) is 6.03 Å². The van der Waals surface area contributed by atoms with Gasteiger partial charge in [0.15, 0.2) is 0 Å². The smallest absolute Gasteiger partial charge is 0.317 e. The maximum Gasteiger partial charge on any atom is 0.317 e. The van der Waals surface area contributed by atoms with Gasteiger partial charge in [-0.1, -0.05) is 26.2 Å². The third kappa shape index (κ3) is 3.87. The molecule has 1 heterocycles. The van der Waals surface area contributed by atoms with Crippen molar-refractivity contribution >= 4 is 12.0 Å². The van der Waals surface area contributed by atoms with Crippen LogP contribution in [0.15, 0.2) is 0 Å². The molecule has 0 aromatic carbocycles. The normalized spacial score (nSPS) is 30.9. The van der Waals surface area contributed by atoms with Crippen LogP contribution >= 0.6 is 0 Å². The predicted octanol–water partition coefficient (Wildman–Crippen LogP) is 2.32. The van der Waals surface area contributed by atoms with Crippen molar-refractivity contribution in [1.82, 2.24) is 10.2 Å². The Labute approximate surface area is 120 Å². The van der Waals surface area contributed by atoms with Crippen molar-refractivity contribution in [3.63, 3.8) is 0 Å². The molecule has 2 rings (SSSR count). The van der Waals surface area contributed by atoms with Crippen LogP contribution in [0.3, 0.4) is 0 Å². The van der Waals surface area contributed by atoms with E-state index in [0.717, 1.165) is 13.0 Å². The van der Waals surface area contributed by atoms with Crippen LogP contribution in [-0.4, -0.2) is 41.6 Å². The Bertz CT molecular complexity index is 359. The second-order valence-corrected chi connectivity index (χ2v) is 6.33. The first-order chi connectivity index (χ1) is 9.58. The Kier molecular flexibility index (Phi) is 5.26. The minimum atomic E-state index is -0.789. The zero-order chi connectivity index (χ0) is 14.5. The van der Waals surface area contributed by atoms with Gasteiger partial charge in [0.1, 0.15) is 0 Å². The summed E-state index contributed by atoms with van der Waals surface area (Å²) in [6.07, 6.45) is 6.47. The number of aliphatic carboxylic acids is 1. The molecule has 2 amide bonds. The van der Waals surface area contributed by atoms with E-state index in [1.165, 1.54) is 25.7 Å². The number of carboxylic acid groups (broad SMARTS) is 1. The molecule has 3 atom stereocenters. The fourth-order valence-corrected chi connectivity index (χ4v) is 3.39. The van der Waals surface area contributed by atoms with Crippen LogP contribution in [-0.2, 0) is 4.79 Å². The maximum absolute atomic E-state index is 12.1. The number of piperidine rings is 1. The molecule has 5 nitrogen and oxygen atoms in total. The van der Waals surface area contributed by atoms with Crippen LogP contribution in [0.25, 0.3) is 0 Å². The van der Waals surface area contributed by atoms with Crippen LogP contribution in [0.2, 0.25) is 0 Å². The molecule has 114 valence electrons. The molecule has 1 aliphatic carbocycles. The number of hydrogen-bond donors (Lipinski definition) is 2. The molecule has 0 bridgehead atoms. The summed E-state index contributed by atoms with van der Waals surface area (Å²) in [5, 5.41) is 12.1. The predicted molar refractivity (Wildman–Crippen MR) is 76.5 cm³/mol. The van der Waals surface area contributed by atoms with Gasteiger partial charge >= 0.3 is 12.0 Å². The minimum absolute atomic E-state index is 0.0891. The number of nitrogens with one attached hydrogen (secondary N) is 1. The SMILES string of the molecule is CC1CCCCC1CNC(=O)N1CCCC(C(=O)O)C1. The molecular formula is C15H26N2O3. The number of carbonyl (C=O) groups is 2. The van der Waals surface area contributed by atoms with Crippen molar-refractivity contribution in [1.29, 1.82) is 0 Å². The summed E-state index contributed by atoms with van der Waals surface area (Å²) in [6, 6.07) is -0.0891. The van der Waals surface area contributed by atoms with Crippen molar-refractivity contribution in [2.24, 2.45) is 17.8 Å². The van der Waals surface area contributed by atoms with Gasteiger partial charge in [0.05, 0.1) is 5.92 Å². The summed E-state index contributed by atoms with van der Waals surface area (Å²) in [4.78, 5) is 24.8. The Morgan fingerprint density at radius 3 is 2.65 bits per heavy atom. The second kappa shape index (κ2) is 6.95. The third-order valence-electron chi connectivity index (χ3n) is 4.86. The molecule has 0 spiro atoms. The highest BCUT2D eigenvalue weighted by Crippen LogP contribution is 2.29. The van der Waals surface area contributed by atoms with Crippen LogP contribution in [0.1, 0.15) is 45.4 Å². The molecule has 1 aliphatic heterocycles. The summed E-state index contributed by atoms with van der Waals surface area (Å²) in [5.74, 6) is 0.0662. The Morgan fingerprint density at radius 2 is 1.95 bits per heavy atom. The summed E-state index contributed by atoms with van der Waals surface area (Å²) < 4.78 is 0. The number of hydrogen-bond acceptors (Lipinski definition) is 2. The van der Waals surface area contributed by atoms with Crippen molar-refractivity contribution < 1.29 is 14.7 Å². The van der Waals surface area contributed by atoms with Crippen molar-refractivity contribution in [2.45, 2.75) is 45.4 Å². The van der Waals surface area contributed by atoms with E-state index in [4.69, 9.17) is 5.11 Å². The van der Waals surface area contributed by atoms with Crippen LogP contribution in [0, 0.1) is 17.8 Å². The van der Waals surface area contributed by atoms with E-state index in [0.29, 0.717) is 31.3 Å².